The summed E-state index contributed by atoms with van der Waals surface area (Å²) in [4.78, 5) is 22.8. The summed E-state index contributed by atoms with van der Waals surface area (Å²) in [6, 6.07) is 1.43. The van der Waals surface area contributed by atoms with Crippen LogP contribution in [0.15, 0.2) is 6.07 Å². The molecule has 0 aliphatic carbocycles. The van der Waals surface area contributed by atoms with Gasteiger partial charge >= 0.3 is 11.9 Å². The number of hydrogen-bond donors (Lipinski definition) is 2. The number of carbonyl (C=O) groups is 2. The first-order valence-corrected chi connectivity index (χ1v) is 8.68. The van der Waals surface area contributed by atoms with Crippen LogP contribution in [0.2, 0.25) is 5.15 Å². The lowest BCUT2D eigenvalue weighted by Crippen LogP contribution is -2.29. The molecular weight excluding hydrogens is 362 g/mol. The number of halogens is 1. The number of cyclic esters (lactones) is 1. The summed E-state index contributed by atoms with van der Waals surface area (Å²) < 4.78 is 9.97. The number of aliphatic hydroxyl groups excluding tert-OH is 1. The SMILES string of the molecule is CCC1(CO)CCOC1=O.CNc1nnc(Cl)cc1C(=O)OC(C)(C)C. The highest BCUT2D eigenvalue weighted by Gasteiger charge is 2.42. The van der Waals surface area contributed by atoms with Crippen molar-refractivity contribution < 1.29 is 24.2 Å². The average molecular weight is 388 g/mol. The lowest BCUT2D eigenvalue weighted by molar-refractivity contribution is -0.148. The first kappa shape index (κ1) is 22.1. The van der Waals surface area contributed by atoms with Crippen molar-refractivity contribution in [2.24, 2.45) is 5.41 Å². The van der Waals surface area contributed by atoms with Crippen molar-refractivity contribution in [1.82, 2.24) is 10.2 Å². The molecule has 0 bridgehead atoms. The number of nitrogens with one attached hydrogen (secondary N) is 1. The highest BCUT2D eigenvalue weighted by Crippen LogP contribution is 2.32. The molecule has 1 aliphatic heterocycles. The minimum atomic E-state index is -0.569. The zero-order valence-corrected chi connectivity index (χ0v) is 16.5. The third kappa shape index (κ3) is 5.81. The highest BCUT2D eigenvalue weighted by atomic mass is 35.5. The number of aromatic nitrogens is 2. The van der Waals surface area contributed by atoms with E-state index in [1.165, 1.54) is 6.07 Å². The molecule has 146 valence electrons. The van der Waals surface area contributed by atoms with E-state index in [0.29, 0.717) is 25.3 Å². The molecule has 1 saturated heterocycles. The zero-order valence-electron chi connectivity index (χ0n) is 15.8. The molecule has 2 heterocycles. The molecule has 8 nitrogen and oxygen atoms in total. The van der Waals surface area contributed by atoms with E-state index in [0.717, 1.165) is 0 Å². The molecule has 1 unspecified atom stereocenters. The molecule has 0 spiro atoms. The van der Waals surface area contributed by atoms with Gasteiger partial charge in [-0.15, -0.1) is 10.2 Å². The minimum Gasteiger partial charge on any atom is -0.465 e. The molecule has 0 saturated carbocycles. The van der Waals surface area contributed by atoms with E-state index in [2.05, 4.69) is 15.5 Å². The smallest absolute Gasteiger partial charge is 0.342 e. The Morgan fingerprint density at radius 2 is 2.12 bits per heavy atom. The van der Waals surface area contributed by atoms with Gasteiger partial charge in [0.15, 0.2) is 11.0 Å². The second-order valence-electron chi connectivity index (χ2n) is 6.86. The standard InChI is InChI=1S/C10H14ClN3O2.C7H12O3/c1-10(2,3)16-9(15)6-5-7(11)13-14-8(6)12-4;1-2-7(5-8)3-4-10-6(7)9/h5H,1-4H3,(H,12,14);8H,2-5H2,1H3. The maximum atomic E-state index is 11.8. The predicted octanol–water partition coefficient (Wildman–Crippen LogP) is 2.45. The van der Waals surface area contributed by atoms with Crippen LogP contribution in [0.25, 0.3) is 0 Å². The third-order valence-electron chi connectivity index (χ3n) is 3.85. The van der Waals surface area contributed by atoms with Crippen molar-refractivity contribution in [2.45, 2.75) is 46.1 Å². The van der Waals surface area contributed by atoms with Crippen molar-refractivity contribution >= 4 is 29.4 Å². The van der Waals surface area contributed by atoms with Crippen molar-refractivity contribution in [2.75, 3.05) is 25.6 Å². The summed E-state index contributed by atoms with van der Waals surface area (Å²) in [6.45, 7) is 7.65. The van der Waals surface area contributed by atoms with Gasteiger partial charge in [-0.25, -0.2) is 4.79 Å². The van der Waals surface area contributed by atoms with Crippen LogP contribution in [0.5, 0.6) is 0 Å². The van der Waals surface area contributed by atoms with E-state index in [4.69, 9.17) is 26.2 Å². The van der Waals surface area contributed by atoms with Crippen molar-refractivity contribution in [3.05, 3.63) is 16.8 Å². The number of anilines is 1. The van der Waals surface area contributed by atoms with Gasteiger partial charge in [0.25, 0.3) is 0 Å². The normalized spacial score (nSPS) is 19.3. The minimum absolute atomic E-state index is 0.0810. The topological polar surface area (TPSA) is 111 Å². The van der Waals surface area contributed by atoms with Gasteiger partial charge < -0.3 is 19.9 Å². The van der Waals surface area contributed by atoms with E-state index in [1.807, 2.05) is 6.92 Å². The number of rotatable bonds is 4. The Bertz CT molecular complexity index is 642. The second-order valence-corrected chi connectivity index (χ2v) is 7.25. The van der Waals surface area contributed by atoms with Gasteiger partial charge in [0.1, 0.15) is 11.2 Å². The largest absolute Gasteiger partial charge is 0.465 e. The number of carbonyl (C=O) groups excluding carboxylic acids is 2. The van der Waals surface area contributed by atoms with Gasteiger partial charge in [0.05, 0.1) is 18.6 Å². The molecule has 1 aromatic rings. The van der Waals surface area contributed by atoms with Crippen LogP contribution in [-0.4, -0.2) is 53.1 Å². The van der Waals surface area contributed by atoms with Crippen LogP contribution in [0.1, 0.15) is 50.9 Å². The molecule has 9 heteroatoms. The maximum absolute atomic E-state index is 11.8. The summed E-state index contributed by atoms with van der Waals surface area (Å²) in [5.41, 5.74) is -0.852. The fraction of sp³-hybridized carbons (Fsp3) is 0.647. The Kier molecular flexibility index (Phi) is 7.77. The van der Waals surface area contributed by atoms with Crippen LogP contribution >= 0.6 is 11.6 Å². The Hall–Kier alpha value is -1.93. The highest BCUT2D eigenvalue weighted by molar-refractivity contribution is 6.29. The van der Waals surface area contributed by atoms with Crippen molar-refractivity contribution in [3.63, 3.8) is 0 Å². The molecule has 1 aromatic heterocycles. The summed E-state index contributed by atoms with van der Waals surface area (Å²) >= 11 is 5.68. The van der Waals surface area contributed by atoms with E-state index >= 15 is 0 Å². The van der Waals surface area contributed by atoms with Gasteiger partial charge in [-0.05, 0) is 39.7 Å². The molecule has 0 amide bonds. The molecule has 2 rings (SSSR count). The molecule has 2 N–H and O–H groups in total. The number of hydrogen-bond acceptors (Lipinski definition) is 8. The van der Waals surface area contributed by atoms with Crippen LogP contribution in [-0.2, 0) is 14.3 Å². The van der Waals surface area contributed by atoms with Gasteiger partial charge in [-0.3, -0.25) is 4.79 Å². The molecule has 1 fully saturated rings. The van der Waals surface area contributed by atoms with E-state index in [-0.39, 0.29) is 23.3 Å². The molecule has 0 radical (unpaired) electrons. The molecule has 0 aromatic carbocycles. The van der Waals surface area contributed by atoms with Gasteiger partial charge in [-0.2, -0.15) is 0 Å². The summed E-state index contributed by atoms with van der Waals surface area (Å²) in [7, 11) is 1.64. The summed E-state index contributed by atoms with van der Waals surface area (Å²) in [6.07, 6.45) is 1.33. The first-order valence-electron chi connectivity index (χ1n) is 8.31. The Balaban J connectivity index is 0.000000289. The van der Waals surface area contributed by atoms with Crippen molar-refractivity contribution in [1.29, 1.82) is 0 Å². The summed E-state index contributed by atoms with van der Waals surface area (Å²) in [5, 5.41) is 19.2. The second kappa shape index (κ2) is 9.14. The number of esters is 2. The van der Waals surface area contributed by atoms with E-state index < -0.39 is 17.0 Å². The molecular formula is C17H26ClN3O5. The van der Waals surface area contributed by atoms with Gasteiger partial charge in [0.2, 0.25) is 0 Å². The lowest BCUT2D eigenvalue weighted by Gasteiger charge is -2.20. The van der Waals surface area contributed by atoms with Crippen LogP contribution in [0, 0.1) is 5.41 Å². The van der Waals surface area contributed by atoms with Gasteiger partial charge in [0, 0.05) is 7.05 Å². The number of ether oxygens (including phenoxy) is 2. The number of aliphatic hydroxyl groups is 1. The fourth-order valence-electron chi connectivity index (χ4n) is 2.21. The predicted molar refractivity (Wildman–Crippen MR) is 97.1 cm³/mol. The molecule has 1 aliphatic rings. The lowest BCUT2D eigenvalue weighted by atomic mass is 9.85. The average Bonchev–Trinajstić information content (AvgIpc) is 2.95. The van der Waals surface area contributed by atoms with Gasteiger partial charge in [-0.1, -0.05) is 18.5 Å². The van der Waals surface area contributed by atoms with Crippen LogP contribution < -0.4 is 5.32 Å². The Labute approximate surface area is 158 Å². The fourth-order valence-corrected chi connectivity index (χ4v) is 2.36. The quantitative estimate of drug-likeness (QED) is 0.758. The van der Waals surface area contributed by atoms with Crippen LogP contribution in [0.3, 0.4) is 0 Å². The monoisotopic (exact) mass is 387 g/mol. The van der Waals surface area contributed by atoms with E-state index in [9.17, 15) is 9.59 Å². The maximum Gasteiger partial charge on any atom is 0.342 e. The zero-order chi connectivity index (χ0) is 20.0. The molecule has 1 atom stereocenters. The Morgan fingerprint density at radius 1 is 1.46 bits per heavy atom. The Morgan fingerprint density at radius 3 is 2.50 bits per heavy atom. The molecule has 26 heavy (non-hydrogen) atoms. The first-order chi connectivity index (χ1) is 12.1. The van der Waals surface area contributed by atoms with Crippen molar-refractivity contribution in [3.8, 4) is 0 Å². The number of nitrogens with zero attached hydrogens (tertiary/aromatic N) is 2. The summed E-state index contributed by atoms with van der Waals surface area (Å²) in [5.74, 6) is -0.371. The van der Waals surface area contributed by atoms with E-state index in [1.54, 1.807) is 27.8 Å². The third-order valence-corrected chi connectivity index (χ3v) is 4.03. The van der Waals surface area contributed by atoms with Crippen LogP contribution in [0.4, 0.5) is 5.82 Å².